The van der Waals surface area contributed by atoms with Crippen LogP contribution in [0.15, 0.2) is 18.2 Å². The third kappa shape index (κ3) is 1.20. The lowest BCUT2D eigenvalue weighted by Gasteiger charge is -2.17. The fraction of sp³-hybridized carbons (Fsp3) is 0.250. The van der Waals surface area contributed by atoms with Crippen LogP contribution in [0, 0.1) is 5.82 Å². The molecule has 1 aromatic carbocycles. The van der Waals surface area contributed by atoms with Crippen LogP contribution in [0.2, 0.25) is 0 Å². The molecule has 0 amide bonds. The number of benzene rings is 1. The Kier molecular flexibility index (Phi) is 2.04. The molecule has 16 heavy (non-hydrogen) atoms. The highest BCUT2D eigenvalue weighted by Crippen LogP contribution is 2.27. The van der Waals surface area contributed by atoms with Crippen molar-refractivity contribution in [3.8, 4) is 0 Å². The van der Waals surface area contributed by atoms with Gasteiger partial charge in [0.05, 0.1) is 0 Å². The SMILES string of the molecule is O=Cc1c2n(c3ccc(F)cc13)CCNC2. The minimum absolute atomic E-state index is 0.300. The molecule has 3 nitrogen and oxygen atoms in total. The molecule has 4 heteroatoms. The van der Waals surface area contributed by atoms with E-state index in [9.17, 15) is 9.18 Å². The minimum atomic E-state index is -0.300. The smallest absolute Gasteiger partial charge is 0.152 e. The number of hydrogen-bond acceptors (Lipinski definition) is 2. The molecule has 2 aromatic rings. The molecule has 1 aliphatic heterocycles. The van der Waals surface area contributed by atoms with E-state index < -0.39 is 0 Å². The number of fused-ring (bicyclic) bond motifs is 3. The Hall–Kier alpha value is -1.68. The molecular weight excluding hydrogens is 207 g/mol. The predicted octanol–water partition coefficient (Wildman–Crippen LogP) is 1.70. The van der Waals surface area contributed by atoms with Crippen molar-refractivity contribution >= 4 is 17.2 Å². The Morgan fingerprint density at radius 1 is 1.44 bits per heavy atom. The van der Waals surface area contributed by atoms with Gasteiger partial charge in [-0.15, -0.1) is 0 Å². The van der Waals surface area contributed by atoms with Gasteiger partial charge in [-0.2, -0.15) is 0 Å². The first kappa shape index (κ1) is 9.54. The molecular formula is C12H11FN2O. The highest BCUT2D eigenvalue weighted by Gasteiger charge is 2.19. The first-order chi connectivity index (χ1) is 7.81. The van der Waals surface area contributed by atoms with Gasteiger partial charge in [0, 0.05) is 41.8 Å². The van der Waals surface area contributed by atoms with Gasteiger partial charge in [-0.3, -0.25) is 4.79 Å². The highest BCUT2D eigenvalue weighted by molar-refractivity contribution is 5.99. The highest BCUT2D eigenvalue weighted by atomic mass is 19.1. The molecule has 0 saturated carbocycles. The lowest BCUT2D eigenvalue weighted by molar-refractivity contribution is 0.112. The summed E-state index contributed by atoms with van der Waals surface area (Å²) < 4.78 is 15.3. The van der Waals surface area contributed by atoms with Crippen LogP contribution >= 0.6 is 0 Å². The van der Waals surface area contributed by atoms with Gasteiger partial charge in [-0.05, 0) is 18.2 Å². The van der Waals surface area contributed by atoms with Crippen LogP contribution < -0.4 is 5.32 Å². The molecule has 0 bridgehead atoms. The van der Waals surface area contributed by atoms with Gasteiger partial charge in [-0.25, -0.2) is 4.39 Å². The Morgan fingerprint density at radius 2 is 2.31 bits per heavy atom. The molecule has 1 aromatic heterocycles. The maximum atomic E-state index is 13.2. The lowest BCUT2D eigenvalue weighted by atomic mass is 10.1. The van der Waals surface area contributed by atoms with Gasteiger partial charge in [0.15, 0.2) is 6.29 Å². The number of carbonyl (C=O) groups is 1. The van der Waals surface area contributed by atoms with Crippen LogP contribution in [0.1, 0.15) is 16.1 Å². The van der Waals surface area contributed by atoms with Crippen molar-refractivity contribution in [3.05, 3.63) is 35.3 Å². The molecule has 1 N–H and O–H groups in total. The molecule has 2 heterocycles. The van der Waals surface area contributed by atoms with Gasteiger partial charge in [-0.1, -0.05) is 0 Å². The van der Waals surface area contributed by atoms with E-state index in [2.05, 4.69) is 9.88 Å². The van der Waals surface area contributed by atoms with E-state index in [0.717, 1.165) is 30.6 Å². The van der Waals surface area contributed by atoms with E-state index in [1.165, 1.54) is 12.1 Å². The Balaban J connectivity index is 2.41. The summed E-state index contributed by atoms with van der Waals surface area (Å²) in [6.45, 7) is 2.38. The van der Waals surface area contributed by atoms with Crippen molar-refractivity contribution in [3.63, 3.8) is 0 Å². The Morgan fingerprint density at radius 3 is 3.12 bits per heavy atom. The largest absolute Gasteiger partial charge is 0.341 e. The van der Waals surface area contributed by atoms with Gasteiger partial charge in [0.1, 0.15) is 5.82 Å². The van der Waals surface area contributed by atoms with Crippen LogP contribution in [0.3, 0.4) is 0 Å². The molecule has 1 aliphatic rings. The summed E-state index contributed by atoms with van der Waals surface area (Å²) in [5.41, 5.74) is 2.52. The standard InChI is InChI=1S/C12H11FN2O/c13-8-1-2-11-9(5-8)10(7-16)12-6-14-3-4-15(11)12/h1-2,5,7,14H,3-4,6H2. The molecule has 0 fully saturated rings. The Bertz CT molecular complexity index is 574. The van der Waals surface area contributed by atoms with E-state index in [4.69, 9.17) is 0 Å². The minimum Gasteiger partial charge on any atom is -0.341 e. The summed E-state index contributed by atoms with van der Waals surface area (Å²) >= 11 is 0. The number of aldehydes is 1. The van der Waals surface area contributed by atoms with Crippen LogP contribution in [0.4, 0.5) is 4.39 Å². The summed E-state index contributed by atoms with van der Waals surface area (Å²) in [6.07, 6.45) is 0.820. The number of hydrogen-bond donors (Lipinski definition) is 1. The number of nitrogens with zero attached hydrogens (tertiary/aromatic N) is 1. The summed E-state index contributed by atoms with van der Waals surface area (Å²) in [5.74, 6) is -0.300. The fourth-order valence-corrected chi connectivity index (χ4v) is 2.38. The topological polar surface area (TPSA) is 34.0 Å². The van der Waals surface area contributed by atoms with Crippen molar-refractivity contribution in [1.29, 1.82) is 0 Å². The Labute approximate surface area is 91.9 Å². The van der Waals surface area contributed by atoms with Crippen molar-refractivity contribution in [2.75, 3.05) is 6.54 Å². The zero-order valence-electron chi connectivity index (χ0n) is 8.66. The van der Waals surface area contributed by atoms with E-state index in [1.54, 1.807) is 6.07 Å². The third-order valence-corrected chi connectivity index (χ3v) is 3.10. The van der Waals surface area contributed by atoms with Gasteiger partial charge >= 0.3 is 0 Å². The molecule has 0 spiro atoms. The van der Waals surface area contributed by atoms with Gasteiger partial charge in [0.25, 0.3) is 0 Å². The van der Waals surface area contributed by atoms with E-state index in [0.29, 0.717) is 17.5 Å². The zero-order chi connectivity index (χ0) is 11.1. The summed E-state index contributed by atoms with van der Waals surface area (Å²) in [6, 6.07) is 4.61. The van der Waals surface area contributed by atoms with Crippen LogP contribution in [-0.2, 0) is 13.1 Å². The number of nitrogens with one attached hydrogen (secondary N) is 1. The number of carbonyl (C=O) groups excluding carboxylic acids is 1. The van der Waals surface area contributed by atoms with Gasteiger partial charge < -0.3 is 9.88 Å². The first-order valence-electron chi connectivity index (χ1n) is 5.28. The average Bonchev–Trinajstić information content (AvgIpc) is 2.61. The van der Waals surface area contributed by atoms with Crippen molar-refractivity contribution in [2.24, 2.45) is 0 Å². The summed E-state index contributed by atoms with van der Waals surface area (Å²) in [5, 5.41) is 3.93. The number of aromatic nitrogens is 1. The molecule has 0 unspecified atom stereocenters. The second-order valence-corrected chi connectivity index (χ2v) is 3.97. The summed E-state index contributed by atoms with van der Waals surface area (Å²) in [4.78, 5) is 11.1. The van der Waals surface area contributed by atoms with Crippen molar-refractivity contribution < 1.29 is 9.18 Å². The first-order valence-corrected chi connectivity index (χ1v) is 5.28. The number of halogens is 1. The van der Waals surface area contributed by atoms with E-state index in [1.807, 2.05) is 0 Å². The third-order valence-electron chi connectivity index (χ3n) is 3.10. The molecule has 0 aliphatic carbocycles. The molecule has 3 rings (SSSR count). The van der Waals surface area contributed by atoms with Crippen LogP contribution in [-0.4, -0.2) is 17.4 Å². The molecule has 0 radical (unpaired) electrons. The average molecular weight is 218 g/mol. The predicted molar refractivity (Wildman–Crippen MR) is 59.0 cm³/mol. The molecule has 82 valence electrons. The van der Waals surface area contributed by atoms with Crippen LogP contribution in [0.25, 0.3) is 10.9 Å². The van der Waals surface area contributed by atoms with E-state index >= 15 is 0 Å². The monoisotopic (exact) mass is 218 g/mol. The second kappa shape index (κ2) is 3.42. The summed E-state index contributed by atoms with van der Waals surface area (Å²) in [7, 11) is 0. The zero-order valence-corrected chi connectivity index (χ0v) is 8.66. The maximum Gasteiger partial charge on any atom is 0.152 e. The number of rotatable bonds is 1. The second-order valence-electron chi connectivity index (χ2n) is 3.97. The lowest BCUT2D eigenvalue weighted by Crippen LogP contribution is -2.28. The fourth-order valence-electron chi connectivity index (χ4n) is 2.38. The van der Waals surface area contributed by atoms with Crippen molar-refractivity contribution in [1.82, 2.24) is 9.88 Å². The molecule has 0 saturated heterocycles. The van der Waals surface area contributed by atoms with Crippen LogP contribution in [0.5, 0.6) is 0 Å². The van der Waals surface area contributed by atoms with E-state index in [-0.39, 0.29) is 5.82 Å². The van der Waals surface area contributed by atoms with Crippen molar-refractivity contribution in [2.45, 2.75) is 13.1 Å². The maximum absolute atomic E-state index is 13.2. The normalized spacial score (nSPS) is 15.1. The van der Waals surface area contributed by atoms with Gasteiger partial charge in [0.2, 0.25) is 0 Å². The quantitative estimate of drug-likeness (QED) is 0.739. The molecule has 0 atom stereocenters.